The Labute approximate surface area is 149 Å². The Hall–Kier alpha value is -1.74. The fraction of sp³-hybridized carbons (Fsp3) is 0.533. The van der Waals surface area contributed by atoms with E-state index in [1.165, 1.54) is 35.9 Å². The van der Waals surface area contributed by atoms with E-state index in [2.05, 4.69) is 37.3 Å². The average Bonchev–Trinajstić information content (AvgIpc) is 3.26. The number of nitrogens with zero attached hydrogens (tertiary/aromatic N) is 5. The van der Waals surface area contributed by atoms with E-state index in [1.807, 2.05) is 6.07 Å². The summed E-state index contributed by atoms with van der Waals surface area (Å²) >= 11 is 2.84. The van der Waals surface area contributed by atoms with Crippen molar-refractivity contribution in [1.82, 2.24) is 20.2 Å². The maximum absolute atomic E-state index is 12.0. The number of rotatable bonds is 7. The quantitative estimate of drug-likeness (QED) is 0.597. The number of carbonyl (C=O) groups excluding carboxylic acids is 1. The molecule has 0 aliphatic carbocycles. The zero-order valence-corrected chi connectivity index (χ0v) is 15.2. The van der Waals surface area contributed by atoms with Gasteiger partial charge in [-0.1, -0.05) is 30.0 Å². The van der Waals surface area contributed by atoms with Crippen molar-refractivity contribution in [1.29, 1.82) is 0 Å². The molecule has 0 radical (unpaired) electrons. The van der Waals surface area contributed by atoms with Gasteiger partial charge in [0.25, 0.3) is 0 Å². The zero-order valence-electron chi connectivity index (χ0n) is 13.6. The summed E-state index contributed by atoms with van der Waals surface area (Å²) in [6, 6.07) is 1.95. The molecule has 128 valence electrons. The molecule has 1 N–H and O–H groups in total. The van der Waals surface area contributed by atoms with E-state index in [9.17, 15) is 4.79 Å². The van der Waals surface area contributed by atoms with Gasteiger partial charge in [-0.3, -0.25) is 10.1 Å². The minimum atomic E-state index is -0.0967. The van der Waals surface area contributed by atoms with Gasteiger partial charge < -0.3 is 4.90 Å². The number of amides is 1. The Morgan fingerprint density at radius 2 is 2.17 bits per heavy atom. The minimum absolute atomic E-state index is 0.0967. The fourth-order valence-electron chi connectivity index (χ4n) is 2.44. The summed E-state index contributed by atoms with van der Waals surface area (Å²) < 4.78 is 0. The molecule has 1 aliphatic heterocycles. The predicted molar refractivity (Wildman–Crippen MR) is 96.7 cm³/mol. The highest BCUT2D eigenvalue weighted by Gasteiger charge is 2.15. The number of aryl methyl sites for hydroxylation is 1. The van der Waals surface area contributed by atoms with Crippen molar-refractivity contribution in [3.63, 3.8) is 0 Å². The van der Waals surface area contributed by atoms with Crippen LogP contribution in [0.1, 0.15) is 31.2 Å². The van der Waals surface area contributed by atoms with E-state index in [1.54, 1.807) is 6.33 Å². The Morgan fingerprint density at radius 1 is 1.33 bits per heavy atom. The van der Waals surface area contributed by atoms with Crippen LogP contribution in [0.4, 0.5) is 10.9 Å². The van der Waals surface area contributed by atoms with E-state index in [0.29, 0.717) is 10.9 Å². The third-order valence-electron chi connectivity index (χ3n) is 3.59. The van der Waals surface area contributed by atoms with E-state index in [-0.39, 0.29) is 5.91 Å². The molecule has 2 aromatic rings. The van der Waals surface area contributed by atoms with E-state index in [0.717, 1.165) is 41.8 Å². The highest BCUT2D eigenvalue weighted by molar-refractivity contribution is 7.99. The molecular weight excluding hydrogens is 344 g/mol. The van der Waals surface area contributed by atoms with Gasteiger partial charge in [0.2, 0.25) is 11.0 Å². The molecule has 24 heavy (non-hydrogen) atoms. The fourth-order valence-corrected chi connectivity index (χ4v) is 3.96. The van der Waals surface area contributed by atoms with Gasteiger partial charge in [-0.05, 0) is 19.3 Å². The summed E-state index contributed by atoms with van der Waals surface area (Å²) in [7, 11) is 0. The number of hydrogen-bond donors (Lipinski definition) is 1. The van der Waals surface area contributed by atoms with Crippen LogP contribution >= 0.6 is 23.1 Å². The molecule has 0 unspecified atom stereocenters. The predicted octanol–water partition coefficient (Wildman–Crippen LogP) is 2.61. The molecule has 2 aromatic heterocycles. The maximum Gasteiger partial charge on any atom is 0.236 e. The molecule has 0 bridgehead atoms. The number of nitrogens with one attached hydrogen (secondary N) is 1. The first-order valence-electron chi connectivity index (χ1n) is 8.06. The SMILES string of the molecule is CCCc1nnc(NC(=O)CSc2cc(N3CCCC3)ncn2)s1. The van der Waals surface area contributed by atoms with Gasteiger partial charge in [0.05, 0.1) is 5.75 Å². The molecule has 0 atom stereocenters. The lowest BCUT2D eigenvalue weighted by atomic mass is 10.4. The summed E-state index contributed by atoms with van der Waals surface area (Å²) in [5.41, 5.74) is 0. The highest BCUT2D eigenvalue weighted by Crippen LogP contribution is 2.23. The van der Waals surface area contributed by atoms with Gasteiger partial charge in [-0.15, -0.1) is 10.2 Å². The molecule has 1 amide bonds. The second kappa shape index (κ2) is 8.39. The first-order chi connectivity index (χ1) is 11.7. The van der Waals surface area contributed by atoms with Gasteiger partial charge in [0, 0.05) is 25.6 Å². The summed E-state index contributed by atoms with van der Waals surface area (Å²) in [4.78, 5) is 22.9. The standard InChI is InChI=1S/C15H20N6OS2/c1-2-5-13-19-20-15(24-13)18-12(22)9-23-14-8-11(16-10-17-14)21-6-3-4-7-21/h8,10H,2-7,9H2,1H3,(H,18,20,22). The van der Waals surface area contributed by atoms with Crippen LogP contribution in [-0.2, 0) is 11.2 Å². The second-order valence-corrected chi connectivity index (χ2v) is 7.55. The molecule has 1 aliphatic rings. The van der Waals surface area contributed by atoms with E-state index >= 15 is 0 Å². The Kier molecular flexibility index (Phi) is 5.97. The molecule has 9 heteroatoms. The molecule has 0 spiro atoms. The summed E-state index contributed by atoms with van der Waals surface area (Å²) in [6.45, 7) is 4.17. The lowest BCUT2D eigenvalue weighted by molar-refractivity contribution is -0.113. The molecule has 3 heterocycles. The number of anilines is 2. The number of hydrogen-bond acceptors (Lipinski definition) is 8. The largest absolute Gasteiger partial charge is 0.356 e. The van der Waals surface area contributed by atoms with Crippen molar-refractivity contribution < 1.29 is 4.79 Å². The third kappa shape index (κ3) is 4.64. The maximum atomic E-state index is 12.0. The highest BCUT2D eigenvalue weighted by atomic mass is 32.2. The normalized spacial score (nSPS) is 14.1. The summed E-state index contributed by atoms with van der Waals surface area (Å²) in [6.07, 6.45) is 5.89. The summed E-state index contributed by atoms with van der Waals surface area (Å²) in [5, 5.41) is 13.2. The van der Waals surface area contributed by atoms with Crippen molar-refractivity contribution in [3.05, 3.63) is 17.4 Å². The van der Waals surface area contributed by atoms with Crippen LogP contribution in [0.3, 0.4) is 0 Å². The smallest absolute Gasteiger partial charge is 0.236 e. The third-order valence-corrected chi connectivity index (χ3v) is 5.41. The van der Waals surface area contributed by atoms with Crippen LogP contribution in [0.2, 0.25) is 0 Å². The van der Waals surface area contributed by atoms with Crippen molar-refractivity contribution in [2.75, 3.05) is 29.1 Å². The van der Waals surface area contributed by atoms with E-state index in [4.69, 9.17) is 0 Å². The van der Waals surface area contributed by atoms with Crippen molar-refractivity contribution in [2.24, 2.45) is 0 Å². The molecule has 1 fully saturated rings. The van der Waals surface area contributed by atoms with Gasteiger partial charge in [-0.2, -0.15) is 0 Å². The monoisotopic (exact) mass is 364 g/mol. The van der Waals surface area contributed by atoms with Crippen LogP contribution in [0.25, 0.3) is 0 Å². The number of aromatic nitrogens is 4. The van der Waals surface area contributed by atoms with Crippen LogP contribution in [0.15, 0.2) is 17.4 Å². The van der Waals surface area contributed by atoms with Crippen LogP contribution in [0, 0.1) is 0 Å². The minimum Gasteiger partial charge on any atom is -0.356 e. The lowest BCUT2D eigenvalue weighted by Crippen LogP contribution is -2.19. The molecule has 0 aromatic carbocycles. The number of thioether (sulfide) groups is 1. The molecule has 0 saturated carbocycles. The average molecular weight is 365 g/mol. The molecule has 1 saturated heterocycles. The second-order valence-electron chi connectivity index (χ2n) is 5.50. The summed E-state index contributed by atoms with van der Waals surface area (Å²) in [5.74, 6) is 1.14. The van der Waals surface area contributed by atoms with Gasteiger partial charge in [-0.25, -0.2) is 9.97 Å². The van der Waals surface area contributed by atoms with Gasteiger partial charge in [0.1, 0.15) is 22.2 Å². The number of carbonyl (C=O) groups is 1. The Morgan fingerprint density at radius 3 is 2.96 bits per heavy atom. The first-order valence-corrected chi connectivity index (χ1v) is 9.87. The van der Waals surface area contributed by atoms with Crippen molar-refractivity contribution in [3.8, 4) is 0 Å². The van der Waals surface area contributed by atoms with Crippen LogP contribution < -0.4 is 10.2 Å². The topological polar surface area (TPSA) is 83.9 Å². The zero-order chi connectivity index (χ0) is 16.8. The van der Waals surface area contributed by atoms with Crippen molar-refractivity contribution >= 4 is 40.0 Å². The lowest BCUT2D eigenvalue weighted by Gasteiger charge is -2.16. The molecule has 7 nitrogen and oxygen atoms in total. The molecule has 3 rings (SSSR count). The van der Waals surface area contributed by atoms with Crippen LogP contribution in [0.5, 0.6) is 0 Å². The van der Waals surface area contributed by atoms with Gasteiger partial charge >= 0.3 is 0 Å². The van der Waals surface area contributed by atoms with E-state index < -0.39 is 0 Å². The first kappa shape index (κ1) is 17.1. The Balaban J connectivity index is 1.51. The molecular formula is C15H20N6OS2. The van der Waals surface area contributed by atoms with Crippen molar-refractivity contribution in [2.45, 2.75) is 37.6 Å². The van der Waals surface area contributed by atoms with Gasteiger partial charge in [0.15, 0.2) is 0 Å². The Bertz CT molecular complexity index is 686. The van der Waals surface area contributed by atoms with Crippen LogP contribution in [-0.4, -0.2) is 44.9 Å².